The summed E-state index contributed by atoms with van der Waals surface area (Å²) in [7, 11) is 0. The van der Waals surface area contributed by atoms with E-state index in [1.165, 1.54) is 19.3 Å². The topological polar surface area (TPSA) is 0 Å². The fourth-order valence-electron chi connectivity index (χ4n) is 2.06. The Labute approximate surface area is 86.9 Å². The quantitative estimate of drug-likeness (QED) is 0.539. The Bertz CT molecular complexity index is 169. The van der Waals surface area contributed by atoms with Crippen LogP contribution < -0.4 is 0 Å². The Hall–Kier alpha value is 0. The first-order valence-corrected chi connectivity index (χ1v) is 5.94. The van der Waals surface area contributed by atoms with Gasteiger partial charge in [-0.15, -0.1) is 0 Å². The predicted molar refractivity (Wildman–Crippen MR) is 59.9 cm³/mol. The van der Waals surface area contributed by atoms with Crippen LogP contribution >= 0.6 is 0 Å². The van der Waals surface area contributed by atoms with Gasteiger partial charge in [-0.05, 0) is 11.8 Å². The molecule has 0 aromatic carbocycles. The summed E-state index contributed by atoms with van der Waals surface area (Å²) in [5, 5.41) is 0. The molecule has 1 fully saturated rings. The lowest BCUT2D eigenvalue weighted by Crippen LogP contribution is -2.05. The van der Waals surface area contributed by atoms with Crippen LogP contribution in [0.5, 0.6) is 0 Å². The van der Waals surface area contributed by atoms with E-state index in [0.717, 1.165) is 38.0 Å². The van der Waals surface area contributed by atoms with Crippen LogP contribution in [0, 0.1) is 11.8 Å². The van der Waals surface area contributed by atoms with Crippen LogP contribution in [0.15, 0.2) is 0 Å². The maximum atomic E-state index is 8.31. The van der Waals surface area contributed by atoms with E-state index in [9.17, 15) is 0 Å². The van der Waals surface area contributed by atoms with Gasteiger partial charge in [0.1, 0.15) is 0 Å². The van der Waals surface area contributed by atoms with E-state index in [4.69, 9.17) is 2.74 Å². The minimum absolute atomic E-state index is 0.124. The van der Waals surface area contributed by atoms with Crippen LogP contribution in [0.1, 0.15) is 74.4 Å². The van der Waals surface area contributed by atoms with E-state index in [1.807, 2.05) is 0 Å². The average Bonchev–Trinajstić information content (AvgIpc) is 2.18. The Morgan fingerprint density at radius 3 is 2.62 bits per heavy atom. The van der Waals surface area contributed by atoms with Crippen LogP contribution in [0.2, 0.25) is 0 Å². The summed E-state index contributed by atoms with van der Waals surface area (Å²) in [6, 6.07) is 0. The molecule has 0 unspecified atom stereocenters. The molecular formula is C13H26. The van der Waals surface area contributed by atoms with E-state index >= 15 is 0 Å². The van der Waals surface area contributed by atoms with Gasteiger partial charge < -0.3 is 0 Å². The first kappa shape index (κ1) is 8.32. The van der Waals surface area contributed by atoms with E-state index in [0.29, 0.717) is 0 Å². The van der Waals surface area contributed by atoms with Crippen LogP contribution in [0.25, 0.3) is 0 Å². The molecule has 1 aliphatic carbocycles. The van der Waals surface area contributed by atoms with Crippen molar-refractivity contribution in [2.24, 2.45) is 11.8 Å². The van der Waals surface area contributed by atoms with Crippen LogP contribution in [-0.4, -0.2) is 0 Å². The zero-order valence-electron chi connectivity index (χ0n) is 11.3. The molecule has 0 bridgehead atoms. The van der Waals surface area contributed by atoms with Gasteiger partial charge in [-0.2, -0.15) is 0 Å². The molecule has 0 heteroatoms. The molecule has 1 saturated carbocycles. The summed E-state index contributed by atoms with van der Waals surface area (Å²) in [6.45, 7) is 4.53. The van der Waals surface area contributed by atoms with Crippen molar-refractivity contribution in [1.82, 2.24) is 0 Å². The number of unbranched alkanes of at least 4 members (excludes halogenated alkanes) is 1. The van der Waals surface area contributed by atoms with Crippen molar-refractivity contribution in [3.05, 3.63) is 0 Å². The summed E-state index contributed by atoms with van der Waals surface area (Å²) >= 11 is 0. The van der Waals surface area contributed by atoms with Gasteiger partial charge in [-0.1, -0.05) is 71.6 Å². The highest BCUT2D eigenvalue weighted by atomic mass is 14.2. The van der Waals surface area contributed by atoms with Crippen molar-refractivity contribution in [2.45, 2.75) is 71.6 Å². The lowest BCUT2D eigenvalue weighted by molar-refractivity contribution is 0.325. The SMILES string of the molecule is [2H]C1CCC([2H])(CCCCC(C)C)CC1. The minimum atomic E-state index is -0.172. The fraction of sp³-hybridized carbons (Fsp3) is 1.00. The second-order valence-corrected chi connectivity index (χ2v) is 4.76. The molecule has 0 heterocycles. The summed E-state index contributed by atoms with van der Waals surface area (Å²) in [6.07, 6.45) is 8.81. The summed E-state index contributed by atoms with van der Waals surface area (Å²) in [5.41, 5.74) is 0. The lowest BCUT2D eigenvalue weighted by atomic mass is 9.85. The van der Waals surface area contributed by atoms with Crippen molar-refractivity contribution >= 4 is 0 Å². The van der Waals surface area contributed by atoms with Crippen LogP contribution in [-0.2, 0) is 0 Å². The average molecular weight is 184 g/mol. The second kappa shape index (κ2) is 6.45. The Morgan fingerprint density at radius 2 is 2.00 bits per heavy atom. The third-order valence-electron chi connectivity index (χ3n) is 2.97. The van der Waals surface area contributed by atoms with Gasteiger partial charge in [0.05, 0.1) is 0 Å². The molecule has 1 aliphatic rings. The summed E-state index contributed by atoms with van der Waals surface area (Å²) in [4.78, 5) is 0. The molecular weight excluding hydrogens is 156 g/mol. The molecule has 0 aromatic heterocycles. The Morgan fingerprint density at radius 1 is 1.31 bits per heavy atom. The minimum Gasteiger partial charge on any atom is -0.0628 e. The van der Waals surface area contributed by atoms with Crippen molar-refractivity contribution in [3.63, 3.8) is 0 Å². The van der Waals surface area contributed by atoms with Gasteiger partial charge in [0.25, 0.3) is 0 Å². The molecule has 1 rings (SSSR count). The number of hydrogen-bond acceptors (Lipinski definition) is 0. The highest BCUT2D eigenvalue weighted by molar-refractivity contribution is 4.65. The molecule has 0 atom stereocenters. The molecule has 0 aromatic rings. The van der Waals surface area contributed by atoms with E-state index < -0.39 is 0 Å². The molecule has 0 N–H and O–H groups in total. The van der Waals surface area contributed by atoms with E-state index in [2.05, 4.69) is 13.8 Å². The summed E-state index contributed by atoms with van der Waals surface area (Å²) < 4.78 is 15.9. The molecule has 0 amide bonds. The van der Waals surface area contributed by atoms with Gasteiger partial charge in [-0.3, -0.25) is 0 Å². The predicted octanol–water partition coefficient (Wildman–Crippen LogP) is 4.78. The standard InChI is InChI=1S/C13H26/c1-12(2)8-6-7-11-13-9-4-3-5-10-13/h12-13H,3-11H2,1-2H3/i3D,13D. The van der Waals surface area contributed by atoms with E-state index in [-0.39, 0.29) is 12.3 Å². The first-order valence-electron chi connectivity index (χ1n) is 7.02. The highest BCUT2D eigenvalue weighted by Gasteiger charge is 2.12. The van der Waals surface area contributed by atoms with Crippen LogP contribution in [0.4, 0.5) is 0 Å². The van der Waals surface area contributed by atoms with Gasteiger partial charge in [0, 0.05) is 2.74 Å². The maximum Gasteiger partial charge on any atom is 0.0303 e. The third kappa shape index (κ3) is 5.33. The third-order valence-corrected chi connectivity index (χ3v) is 2.97. The largest absolute Gasteiger partial charge is 0.0628 e. The van der Waals surface area contributed by atoms with Gasteiger partial charge in [-0.25, -0.2) is 0 Å². The summed E-state index contributed by atoms with van der Waals surface area (Å²) in [5.74, 6) is 0.629. The van der Waals surface area contributed by atoms with Crippen molar-refractivity contribution < 1.29 is 2.74 Å². The van der Waals surface area contributed by atoms with Crippen molar-refractivity contribution in [1.29, 1.82) is 0 Å². The zero-order valence-corrected chi connectivity index (χ0v) is 9.31. The zero-order chi connectivity index (χ0) is 11.3. The fourth-order valence-corrected chi connectivity index (χ4v) is 2.06. The molecule has 0 aliphatic heterocycles. The molecule has 0 spiro atoms. The number of hydrogen-bond donors (Lipinski definition) is 0. The van der Waals surface area contributed by atoms with E-state index in [1.54, 1.807) is 0 Å². The van der Waals surface area contributed by atoms with Crippen LogP contribution in [0.3, 0.4) is 0 Å². The smallest absolute Gasteiger partial charge is 0.0303 e. The normalized spacial score (nSPS) is 37.3. The van der Waals surface area contributed by atoms with Gasteiger partial charge in [0.2, 0.25) is 0 Å². The van der Waals surface area contributed by atoms with Gasteiger partial charge in [0.15, 0.2) is 0 Å². The molecule has 0 radical (unpaired) electrons. The number of rotatable bonds is 5. The second-order valence-electron chi connectivity index (χ2n) is 4.76. The van der Waals surface area contributed by atoms with Crippen molar-refractivity contribution in [2.75, 3.05) is 0 Å². The Balaban J connectivity index is 2.14. The molecule has 78 valence electrons. The monoisotopic (exact) mass is 184 g/mol. The first-order chi connectivity index (χ1) is 7.02. The highest BCUT2D eigenvalue weighted by Crippen LogP contribution is 2.28. The van der Waals surface area contributed by atoms with Crippen molar-refractivity contribution in [3.8, 4) is 0 Å². The Kier molecular flexibility index (Phi) is 4.13. The van der Waals surface area contributed by atoms with Gasteiger partial charge >= 0.3 is 0 Å². The molecule has 0 nitrogen and oxygen atoms in total. The lowest BCUT2D eigenvalue weighted by Gasteiger charge is -2.21. The maximum absolute atomic E-state index is 8.31. The molecule has 0 saturated heterocycles. The molecule has 13 heavy (non-hydrogen) atoms.